The third kappa shape index (κ3) is 5.09. The first kappa shape index (κ1) is 23.8. The number of carbonyl (C=O) groups excluding carboxylic acids is 3. The zero-order valence-electron chi connectivity index (χ0n) is 20.0. The van der Waals surface area contributed by atoms with E-state index in [4.69, 9.17) is 9.47 Å². The molecule has 0 aromatic heterocycles. The van der Waals surface area contributed by atoms with E-state index in [2.05, 4.69) is 23.5 Å². The van der Waals surface area contributed by atoms with Crippen LogP contribution in [0.5, 0.6) is 11.5 Å². The molecular weight excluding hydrogens is 444 g/mol. The summed E-state index contributed by atoms with van der Waals surface area (Å²) in [5.41, 5.74) is 5.17. The van der Waals surface area contributed by atoms with E-state index in [-0.39, 0.29) is 5.57 Å². The third-order valence-corrected chi connectivity index (χ3v) is 5.76. The zero-order chi connectivity index (χ0) is 25.1. The molecule has 0 spiro atoms. The number of barbiturate groups is 1. The Labute approximate surface area is 204 Å². The van der Waals surface area contributed by atoms with Gasteiger partial charge in [0.2, 0.25) is 0 Å². The van der Waals surface area contributed by atoms with Crippen molar-refractivity contribution in [1.29, 1.82) is 0 Å². The minimum absolute atomic E-state index is 0.132. The van der Waals surface area contributed by atoms with Gasteiger partial charge >= 0.3 is 6.03 Å². The quantitative estimate of drug-likeness (QED) is 0.421. The van der Waals surface area contributed by atoms with Crippen molar-refractivity contribution in [1.82, 2.24) is 5.32 Å². The molecule has 35 heavy (non-hydrogen) atoms. The summed E-state index contributed by atoms with van der Waals surface area (Å²) in [7, 11) is 3.11. The van der Waals surface area contributed by atoms with Gasteiger partial charge in [0.1, 0.15) is 17.1 Å². The molecule has 178 valence electrons. The van der Waals surface area contributed by atoms with E-state index in [0.29, 0.717) is 29.2 Å². The standard InChI is InChI=1S/C28H26N2O5/c1-17-11-18(2)13-19(12-17)14-21-15-24(35-4)8-5-20(21)16-25-26(31)29-28(33)30(27(25)32)22-6-9-23(34-3)10-7-22/h5-13,15-16H,14H2,1-4H3,(H,29,31,33)/b25-16+. The summed E-state index contributed by atoms with van der Waals surface area (Å²) in [5, 5.41) is 2.27. The molecule has 7 heteroatoms. The maximum absolute atomic E-state index is 13.3. The van der Waals surface area contributed by atoms with E-state index < -0.39 is 17.8 Å². The van der Waals surface area contributed by atoms with E-state index in [1.807, 2.05) is 19.9 Å². The lowest BCUT2D eigenvalue weighted by atomic mass is 9.95. The van der Waals surface area contributed by atoms with Gasteiger partial charge in [0.15, 0.2) is 0 Å². The molecule has 0 radical (unpaired) electrons. The van der Waals surface area contributed by atoms with Crippen LogP contribution in [0.3, 0.4) is 0 Å². The fourth-order valence-electron chi connectivity index (χ4n) is 4.17. The van der Waals surface area contributed by atoms with E-state index in [1.54, 1.807) is 43.5 Å². The number of imide groups is 2. The number of carbonyl (C=O) groups is 3. The van der Waals surface area contributed by atoms with E-state index in [0.717, 1.165) is 27.2 Å². The van der Waals surface area contributed by atoms with Gasteiger partial charge in [0.25, 0.3) is 11.8 Å². The Kier molecular flexibility index (Phi) is 6.68. The predicted octanol–water partition coefficient (Wildman–Crippen LogP) is 4.58. The average Bonchev–Trinajstić information content (AvgIpc) is 2.82. The van der Waals surface area contributed by atoms with Crippen molar-refractivity contribution in [3.63, 3.8) is 0 Å². The minimum Gasteiger partial charge on any atom is -0.497 e. The number of aryl methyl sites for hydroxylation is 2. The summed E-state index contributed by atoms with van der Waals surface area (Å²) >= 11 is 0. The van der Waals surface area contributed by atoms with Crippen molar-refractivity contribution in [3.8, 4) is 11.5 Å². The number of anilines is 1. The minimum atomic E-state index is -0.799. The second kappa shape index (κ2) is 9.85. The van der Waals surface area contributed by atoms with E-state index >= 15 is 0 Å². The lowest BCUT2D eigenvalue weighted by Gasteiger charge is -2.26. The van der Waals surface area contributed by atoms with Gasteiger partial charge in [-0.3, -0.25) is 14.9 Å². The molecule has 0 unspecified atom stereocenters. The van der Waals surface area contributed by atoms with Crippen LogP contribution in [0.25, 0.3) is 6.08 Å². The molecule has 7 nitrogen and oxygen atoms in total. The molecule has 1 saturated heterocycles. The van der Waals surface area contributed by atoms with Gasteiger partial charge in [-0.1, -0.05) is 35.4 Å². The van der Waals surface area contributed by atoms with Crippen LogP contribution in [-0.4, -0.2) is 32.1 Å². The van der Waals surface area contributed by atoms with Crippen LogP contribution in [0.1, 0.15) is 27.8 Å². The molecule has 0 atom stereocenters. The summed E-state index contributed by atoms with van der Waals surface area (Å²) < 4.78 is 10.5. The van der Waals surface area contributed by atoms with E-state index in [9.17, 15) is 14.4 Å². The van der Waals surface area contributed by atoms with Crippen molar-refractivity contribution in [2.45, 2.75) is 20.3 Å². The van der Waals surface area contributed by atoms with Gasteiger partial charge < -0.3 is 9.47 Å². The first-order valence-corrected chi connectivity index (χ1v) is 11.1. The first-order valence-electron chi connectivity index (χ1n) is 11.1. The van der Waals surface area contributed by atoms with Crippen LogP contribution in [0.4, 0.5) is 10.5 Å². The number of ether oxygens (including phenoxy) is 2. The monoisotopic (exact) mass is 470 g/mol. The van der Waals surface area contributed by atoms with Crippen molar-refractivity contribution in [3.05, 3.63) is 94.1 Å². The van der Waals surface area contributed by atoms with Crippen LogP contribution in [0.2, 0.25) is 0 Å². The summed E-state index contributed by atoms with van der Waals surface area (Å²) in [6.07, 6.45) is 2.10. The van der Waals surface area contributed by atoms with Gasteiger partial charge in [-0.15, -0.1) is 0 Å². The Bertz CT molecular complexity index is 1320. The molecule has 1 fully saturated rings. The van der Waals surface area contributed by atoms with Crippen molar-refractivity contribution >= 4 is 29.6 Å². The predicted molar refractivity (Wildman–Crippen MR) is 134 cm³/mol. The average molecular weight is 471 g/mol. The fourth-order valence-corrected chi connectivity index (χ4v) is 4.17. The Morgan fingerprint density at radius 3 is 2.09 bits per heavy atom. The van der Waals surface area contributed by atoms with Crippen LogP contribution in [0, 0.1) is 13.8 Å². The van der Waals surface area contributed by atoms with Crippen LogP contribution in [0.15, 0.2) is 66.2 Å². The molecule has 0 bridgehead atoms. The second-order valence-electron chi connectivity index (χ2n) is 8.39. The number of hydrogen-bond donors (Lipinski definition) is 1. The molecule has 4 rings (SSSR count). The normalized spacial score (nSPS) is 14.8. The Hall–Kier alpha value is -4.39. The molecule has 4 amide bonds. The van der Waals surface area contributed by atoms with Crippen molar-refractivity contribution in [2.24, 2.45) is 0 Å². The second-order valence-corrected chi connectivity index (χ2v) is 8.39. The van der Waals surface area contributed by atoms with Crippen molar-refractivity contribution in [2.75, 3.05) is 19.1 Å². The van der Waals surface area contributed by atoms with Gasteiger partial charge in [-0.2, -0.15) is 0 Å². The number of hydrogen-bond acceptors (Lipinski definition) is 5. The number of benzene rings is 3. The Balaban J connectivity index is 1.74. The number of nitrogens with zero attached hydrogens (tertiary/aromatic N) is 1. The van der Waals surface area contributed by atoms with Crippen LogP contribution in [-0.2, 0) is 16.0 Å². The van der Waals surface area contributed by atoms with Crippen LogP contribution >= 0.6 is 0 Å². The summed E-state index contributed by atoms with van der Waals surface area (Å²) in [6, 6.07) is 17.4. The lowest BCUT2D eigenvalue weighted by molar-refractivity contribution is -0.122. The third-order valence-electron chi connectivity index (χ3n) is 5.76. The highest BCUT2D eigenvalue weighted by Gasteiger charge is 2.37. The lowest BCUT2D eigenvalue weighted by Crippen LogP contribution is -2.54. The number of nitrogens with one attached hydrogen (secondary N) is 1. The topological polar surface area (TPSA) is 84.9 Å². The smallest absolute Gasteiger partial charge is 0.335 e. The molecule has 1 aliphatic heterocycles. The SMILES string of the molecule is COc1ccc(N2C(=O)NC(=O)/C(=C\c3ccc(OC)cc3Cc3cc(C)cc(C)c3)C2=O)cc1. The number of rotatable bonds is 6. The number of methoxy groups -OCH3 is 2. The highest BCUT2D eigenvalue weighted by atomic mass is 16.5. The van der Waals surface area contributed by atoms with Gasteiger partial charge in [0, 0.05) is 0 Å². The zero-order valence-corrected chi connectivity index (χ0v) is 20.0. The fraction of sp³-hybridized carbons (Fsp3) is 0.179. The van der Waals surface area contributed by atoms with Gasteiger partial charge in [0.05, 0.1) is 19.9 Å². The highest BCUT2D eigenvalue weighted by molar-refractivity contribution is 6.39. The maximum atomic E-state index is 13.3. The Morgan fingerprint density at radius 1 is 0.829 bits per heavy atom. The molecule has 0 aliphatic carbocycles. The molecule has 1 aliphatic rings. The Morgan fingerprint density at radius 2 is 1.46 bits per heavy atom. The molecule has 3 aromatic rings. The van der Waals surface area contributed by atoms with Crippen molar-refractivity contribution < 1.29 is 23.9 Å². The maximum Gasteiger partial charge on any atom is 0.335 e. The van der Waals surface area contributed by atoms with E-state index in [1.165, 1.54) is 13.2 Å². The molecular formula is C28H26N2O5. The van der Waals surface area contributed by atoms with Gasteiger partial charge in [-0.25, -0.2) is 9.69 Å². The van der Waals surface area contributed by atoms with Crippen LogP contribution < -0.4 is 19.7 Å². The number of urea groups is 1. The first-order chi connectivity index (χ1) is 16.8. The van der Waals surface area contributed by atoms with Gasteiger partial charge in [-0.05, 0) is 79.4 Å². The number of amides is 4. The highest BCUT2D eigenvalue weighted by Crippen LogP contribution is 2.27. The summed E-state index contributed by atoms with van der Waals surface area (Å²) in [6.45, 7) is 4.08. The molecule has 1 N–H and O–H groups in total. The molecule has 0 saturated carbocycles. The molecule has 1 heterocycles. The molecule has 3 aromatic carbocycles. The summed E-state index contributed by atoms with van der Waals surface area (Å²) in [4.78, 5) is 39.5. The largest absolute Gasteiger partial charge is 0.497 e. The summed E-state index contributed by atoms with van der Waals surface area (Å²) in [5.74, 6) is -0.185.